The minimum Gasteiger partial charge on any atom is -0.348 e. The third-order valence-corrected chi connectivity index (χ3v) is 3.82. The molecule has 10 heteroatoms. The molecule has 27 heavy (non-hydrogen) atoms. The van der Waals surface area contributed by atoms with Gasteiger partial charge in [0, 0.05) is 13.6 Å². The predicted molar refractivity (Wildman–Crippen MR) is 95.7 cm³/mol. The van der Waals surface area contributed by atoms with Crippen LogP contribution in [0.5, 0.6) is 0 Å². The van der Waals surface area contributed by atoms with Gasteiger partial charge in [-0.1, -0.05) is 29.8 Å². The number of aryl methyl sites for hydroxylation is 1. The minimum absolute atomic E-state index is 0.168. The first-order chi connectivity index (χ1) is 12.9. The Morgan fingerprint density at radius 1 is 1.22 bits per heavy atom. The molecule has 0 bridgehead atoms. The summed E-state index contributed by atoms with van der Waals surface area (Å²) in [5.41, 5.74) is -0.0118. The Morgan fingerprint density at radius 3 is 2.59 bits per heavy atom. The van der Waals surface area contributed by atoms with Crippen LogP contribution >= 0.6 is 0 Å². The van der Waals surface area contributed by atoms with E-state index in [0.29, 0.717) is 12.2 Å². The molecule has 0 fully saturated rings. The predicted octanol–water partition coefficient (Wildman–Crippen LogP) is 0.429. The zero-order valence-corrected chi connectivity index (χ0v) is 15.1. The Balaban J connectivity index is 2.08. The Kier molecular flexibility index (Phi) is 4.97. The maximum atomic E-state index is 12.4. The average Bonchev–Trinajstić information content (AvgIpc) is 3.15. The summed E-state index contributed by atoms with van der Waals surface area (Å²) in [5.74, 6) is -0.993. The van der Waals surface area contributed by atoms with Crippen LogP contribution in [-0.4, -0.2) is 36.9 Å². The number of nitrogens with zero attached hydrogens (tertiary/aromatic N) is 5. The number of aromatic nitrogens is 5. The summed E-state index contributed by atoms with van der Waals surface area (Å²) in [5, 5.41) is 10.3. The molecule has 140 valence electrons. The summed E-state index contributed by atoms with van der Waals surface area (Å²) in [7, 11) is 1.33. The fraction of sp³-hybridized carbons (Fsp3) is 0.294. The van der Waals surface area contributed by atoms with Crippen LogP contribution in [-0.2, 0) is 7.05 Å². The summed E-state index contributed by atoms with van der Waals surface area (Å²) in [6.07, 6.45) is 0.746. The van der Waals surface area contributed by atoms with Gasteiger partial charge in [-0.3, -0.25) is 14.2 Å². The Bertz CT molecular complexity index is 1090. The van der Waals surface area contributed by atoms with Gasteiger partial charge in [-0.2, -0.15) is 14.8 Å². The van der Waals surface area contributed by atoms with Crippen molar-refractivity contribution >= 4 is 5.91 Å². The normalized spacial score (nSPS) is 10.8. The second-order valence-electron chi connectivity index (χ2n) is 5.92. The molecule has 0 aliphatic heterocycles. The van der Waals surface area contributed by atoms with E-state index < -0.39 is 17.2 Å². The van der Waals surface area contributed by atoms with Gasteiger partial charge in [0.1, 0.15) is 0 Å². The average molecular weight is 370 g/mol. The van der Waals surface area contributed by atoms with Gasteiger partial charge in [0.05, 0.1) is 5.69 Å². The van der Waals surface area contributed by atoms with E-state index in [1.807, 2.05) is 26.0 Å². The zero-order chi connectivity index (χ0) is 19.6. The van der Waals surface area contributed by atoms with Crippen molar-refractivity contribution in [2.45, 2.75) is 20.3 Å². The van der Waals surface area contributed by atoms with E-state index in [0.717, 1.165) is 21.2 Å². The van der Waals surface area contributed by atoms with E-state index >= 15 is 0 Å². The van der Waals surface area contributed by atoms with E-state index in [1.54, 1.807) is 12.1 Å². The second kappa shape index (κ2) is 7.36. The first-order valence-electron chi connectivity index (χ1n) is 8.32. The van der Waals surface area contributed by atoms with Crippen molar-refractivity contribution in [3.8, 4) is 17.2 Å². The molecular weight excluding hydrogens is 352 g/mol. The molecule has 0 radical (unpaired) electrons. The van der Waals surface area contributed by atoms with Gasteiger partial charge in [0.2, 0.25) is 5.82 Å². The van der Waals surface area contributed by atoms with Gasteiger partial charge in [0.15, 0.2) is 5.69 Å². The number of rotatable bonds is 5. The van der Waals surface area contributed by atoms with E-state index in [2.05, 4.69) is 20.6 Å². The Hall–Kier alpha value is -3.56. The number of nitrogens with one attached hydrogen (secondary N) is 1. The van der Waals surface area contributed by atoms with Crippen LogP contribution in [0, 0.1) is 6.92 Å². The lowest BCUT2D eigenvalue weighted by Gasteiger charge is -2.08. The van der Waals surface area contributed by atoms with Crippen molar-refractivity contribution < 1.29 is 9.32 Å². The van der Waals surface area contributed by atoms with Crippen LogP contribution in [0.1, 0.15) is 29.6 Å². The third-order valence-electron chi connectivity index (χ3n) is 3.82. The lowest BCUT2D eigenvalue weighted by molar-refractivity contribution is 0.0910. The van der Waals surface area contributed by atoms with E-state index in [9.17, 15) is 14.4 Å². The van der Waals surface area contributed by atoms with Crippen LogP contribution in [0.25, 0.3) is 17.2 Å². The van der Waals surface area contributed by atoms with Crippen molar-refractivity contribution in [2.75, 3.05) is 6.54 Å². The van der Waals surface area contributed by atoms with Crippen molar-refractivity contribution in [2.24, 2.45) is 7.05 Å². The van der Waals surface area contributed by atoms with Crippen LogP contribution < -0.4 is 16.6 Å². The largest absolute Gasteiger partial charge is 0.351 e. The Labute approximate surface area is 153 Å². The maximum absolute atomic E-state index is 12.4. The van der Waals surface area contributed by atoms with Gasteiger partial charge in [-0.05, 0) is 25.5 Å². The molecule has 0 atom stereocenters. The van der Waals surface area contributed by atoms with Crippen LogP contribution in [0.3, 0.4) is 0 Å². The minimum atomic E-state index is -0.690. The summed E-state index contributed by atoms with van der Waals surface area (Å²) >= 11 is 0. The van der Waals surface area contributed by atoms with Gasteiger partial charge in [-0.15, -0.1) is 0 Å². The first-order valence-corrected chi connectivity index (χ1v) is 8.32. The van der Waals surface area contributed by atoms with Gasteiger partial charge < -0.3 is 9.84 Å². The lowest BCUT2D eigenvalue weighted by Crippen LogP contribution is -2.40. The molecule has 1 N–H and O–H groups in total. The monoisotopic (exact) mass is 370 g/mol. The highest BCUT2D eigenvalue weighted by atomic mass is 16.5. The van der Waals surface area contributed by atoms with Crippen molar-refractivity contribution in [3.05, 3.63) is 56.6 Å². The number of benzene rings is 1. The molecule has 0 aliphatic carbocycles. The fourth-order valence-corrected chi connectivity index (χ4v) is 2.29. The summed E-state index contributed by atoms with van der Waals surface area (Å²) < 4.78 is 6.89. The lowest BCUT2D eigenvalue weighted by atomic mass is 10.2. The SMILES string of the molecule is CCCNC(=O)c1nc(-c2nn(-c3ccc(C)cc3)c(=O)n(C)c2=O)no1. The highest BCUT2D eigenvalue weighted by molar-refractivity contribution is 5.89. The van der Waals surface area contributed by atoms with E-state index in [-0.39, 0.29) is 17.4 Å². The summed E-state index contributed by atoms with van der Waals surface area (Å²) in [4.78, 5) is 40.7. The molecule has 1 aromatic carbocycles. The quantitative estimate of drug-likeness (QED) is 0.690. The van der Waals surface area contributed by atoms with Crippen LogP contribution in [0.2, 0.25) is 0 Å². The molecule has 10 nitrogen and oxygen atoms in total. The molecule has 3 rings (SSSR count). The first kappa shape index (κ1) is 18.2. The van der Waals surface area contributed by atoms with Gasteiger partial charge >= 0.3 is 17.5 Å². The molecule has 3 aromatic rings. The van der Waals surface area contributed by atoms with Gasteiger partial charge in [0.25, 0.3) is 5.56 Å². The summed E-state index contributed by atoms with van der Waals surface area (Å²) in [6.45, 7) is 4.27. The van der Waals surface area contributed by atoms with Crippen molar-refractivity contribution in [3.63, 3.8) is 0 Å². The molecule has 0 spiro atoms. The molecule has 2 aromatic heterocycles. The Morgan fingerprint density at radius 2 is 1.93 bits per heavy atom. The highest BCUT2D eigenvalue weighted by Crippen LogP contribution is 2.10. The number of amides is 1. The zero-order valence-electron chi connectivity index (χ0n) is 15.1. The number of carbonyl (C=O) groups is 1. The number of hydrogen-bond donors (Lipinski definition) is 1. The molecule has 0 aliphatic rings. The standard InChI is InChI=1S/C17H18N6O4/c1-4-9-18-14(24)15-19-13(21-27-15)12-16(25)22(3)17(26)23(20-12)11-7-5-10(2)6-8-11/h5-8H,4,9H2,1-3H3,(H,18,24). The molecular formula is C17H18N6O4. The highest BCUT2D eigenvalue weighted by Gasteiger charge is 2.21. The van der Waals surface area contributed by atoms with Crippen LogP contribution in [0.15, 0.2) is 38.4 Å². The molecule has 0 unspecified atom stereocenters. The van der Waals surface area contributed by atoms with Crippen molar-refractivity contribution in [1.29, 1.82) is 0 Å². The fourth-order valence-electron chi connectivity index (χ4n) is 2.29. The molecule has 2 heterocycles. The molecule has 0 saturated carbocycles. The second-order valence-corrected chi connectivity index (χ2v) is 5.92. The number of hydrogen-bond acceptors (Lipinski definition) is 7. The number of carbonyl (C=O) groups excluding carboxylic acids is 1. The topological polar surface area (TPSA) is 125 Å². The van der Waals surface area contributed by atoms with Gasteiger partial charge in [-0.25, -0.2) is 4.79 Å². The van der Waals surface area contributed by atoms with Crippen LogP contribution in [0.4, 0.5) is 0 Å². The van der Waals surface area contributed by atoms with E-state index in [4.69, 9.17) is 4.52 Å². The van der Waals surface area contributed by atoms with E-state index in [1.165, 1.54) is 7.05 Å². The van der Waals surface area contributed by atoms with Crippen molar-refractivity contribution in [1.82, 2.24) is 29.8 Å². The molecule has 1 amide bonds. The molecule has 0 saturated heterocycles. The maximum Gasteiger partial charge on any atom is 0.351 e. The summed E-state index contributed by atoms with van der Waals surface area (Å²) in [6, 6.07) is 7.05. The smallest absolute Gasteiger partial charge is 0.348 e. The third kappa shape index (κ3) is 3.54.